The summed E-state index contributed by atoms with van der Waals surface area (Å²) < 4.78 is 22.5. The predicted molar refractivity (Wildman–Crippen MR) is 102 cm³/mol. The molecule has 0 aromatic carbocycles. The van der Waals surface area contributed by atoms with Crippen LogP contribution in [0.3, 0.4) is 0 Å². The number of hydrogen-bond acceptors (Lipinski definition) is 7. The molecule has 2 aliphatic rings. The summed E-state index contributed by atoms with van der Waals surface area (Å²) in [5, 5.41) is 9.67. The number of fused-ring (bicyclic) bond motifs is 1. The number of nitriles is 1. The lowest BCUT2D eigenvalue weighted by atomic mass is 9.80. The third-order valence-electron chi connectivity index (χ3n) is 4.57. The van der Waals surface area contributed by atoms with Crippen molar-refractivity contribution in [3.63, 3.8) is 0 Å². The minimum atomic E-state index is -0.648. The third-order valence-corrected chi connectivity index (χ3v) is 4.57. The van der Waals surface area contributed by atoms with Crippen molar-refractivity contribution in [1.82, 2.24) is 0 Å². The van der Waals surface area contributed by atoms with Crippen LogP contribution >= 0.6 is 0 Å². The van der Waals surface area contributed by atoms with Gasteiger partial charge in [-0.1, -0.05) is 11.6 Å². The van der Waals surface area contributed by atoms with E-state index in [9.17, 15) is 10.1 Å². The van der Waals surface area contributed by atoms with E-state index in [-0.39, 0.29) is 29.2 Å². The summed E-state index contributed by atoms with van der Waals surface area (Å²) >= 11 is 0. The lowest BCUT2D eigenvalue weighted by molar-refractivity contribution is 0.0185. The first-order valence-corrected chi connectivity index (χ1v) is 9.26. The molecule has 7 nitrogen and oxygen atoms in total. The van der Waals surface area contributed by atoms with Gasteiger partial charge >= 0.3 is 5.63 Å². The van der Waals surface area contributed by atoms with E-state index in [0.29, 0.717) is 24.5 Å². The fourth-order valence-electron chi connectivity index (χ4n) is 3.51. The number of allylic oxidation sites excluding steroid dienone is 3. The molecule has 2 atom stereocenters. The first kappa shape index (κ1) is 19.8. The first-order chi connectivity index (χ1) is 13.3. The SMILES string of the molecule is CCO[C@@H]1CC([C@H]2C(C#N)=C(N)Oc3cc(C)oc(=O)c32)=CC=C1OC(C)C. The normalized spacial score (nSPS) is 21.4. The van der Waals surface area contributed by atoms with Crippen molar-refractivity contribution in [3.8, 4) is 11.8 Å². The quantitative estimate of drug-likeness (QED) is 0.830. The second-order valence-corrected chi connectivity index (χ2v) is 6.97. The van der Waals surface area contributed by atoms with Gasteiger partial charge in [0.25, 0.3) is 0 Å². The van der Waals surface area contributed by atoms with Crippen molar-refractivity contribution in [1.29, 1.82) is 5.26 Å². The molecule has 0 amide bonds. The Hall–Kier alpha value is -2.98. The van der Waals surface area contributed by atoms with Crippen LogP contribution in [-0.2, 0) is 9.47 Å². The van der Waals surface area contributed by atoms with Crippen LogP contribution in [0.15, 0.2) is 50.2 Å². The number of nitrogens with two attached hydrogens (primary N) is 1. The van der Waals surface area contributed by atoms with Crippen molar-refractivity contribution in [2.75, 3.05) is 6.61 Å². The average Bonchev–Trinajstić information content (AvgIpc) is 2.61. The molecule has 0 spiro atoms. The highest BCUT2D eigenvalue weighted by Gasteiger charge is 2.37. The number of ether oxygens (including phenoxy) is 3. The summed E-state index contributed by atoms with van der Waals surface area (Å²) in [6, 6.07) is 3.70. The van der Waals surface area contributed by atoms with Gasteiger partial charge in [0, 0.05) is 19.1 Å². The van der Waals surface area contributed by atoms with Gasteiger partial charge in [-0.05, 0) is 33.8 Å². The van der Waals surface area contributed by atoms with Crippen LogP contribution in [0.4, 0.5) is 0 Å². The van der Waals surface area contributed by atoms with Crippen LogP contribution < -0.4 is 16.1 Å². The monoisotopic (exact) mass is 384 g/mol. The van der Waals surface area contributed by atoms with E-state index in [4.69, 9.17) is 24.4 Å². The summed E-state index contributed by atoms with van der Waals surface area (Å²) in [7, 11) is 0. The molecule has 0 saturated heterocycles. The Labute approximate surface area is 163 Å². The molecule has 1 aliphatic carbocycles. The van der Waals surface area contributed by atoms with E-state index in [1.54, 1.807) is 13.0 Å². The van der Waals surface area contributed by atoms with Gasteiger partial charge in [0.2, 0.25) is 5.88 Å². The summed E-state index contributed by atoms with van der Waals surface area (Å²) in [6.45, 7) is 7.96. The van der Waals surface area contributed by atoms with Gasteiger partial charge in [-0.15, -0.1) is 0 Å². The molecular formula is C21H24N2O5. The minimum absolute atomic E-state index is 0.00735. The van der Waals surface area contributed by atoms with E-state index >= 15 is 0 Å². The number of nitrogens with zero attached hydrogens (tertiary/aromatic N) is 1. The lowest BCUT2D eigenvalue weighted by Gasteiger charge is -2.31. The molecule has 1 aromatic heterocycles. The first-order valence-electron chi connectivity index (χ1n) is 9.26. The van der Waals surface area contributed by atoms with Crippen LogP contribution in [0.25, 0.3) is 0 Å². The van der Waals surface area contributed by atoms with Crippen molar-refractivity contribution in [2.45, 2.75) is 52.2 Å². The van der Waals surface area contributed by atoms with Crippen LogP contribution in [0.1, 0.15) is 44.4 Å². The molecule has 1 aliphatic heterocycles. The number of hydrogen-bond donors (Lipinski definition) is 1. The van der Waals surface area contributed by atoms with Crippen LogP contribution in [0.2, 0.25) is 0 Å². The molecule has 2 N–H and O–H groups in total. The second kappa shape index (κ2) is 7.95. The van der Waals surface area contributed by atoms with Crippen molar-refractivity contribution < 1.29 is 18.6 Å². The fourth-order valence-corrected chi connectivity index (χ4v) is 3.51. The molecule has 0 unspecified atom stereocenters. The van der Waals surface area contributed by atoms with E-state index in [1.807, 2.05) is 32.9 Å². The zero-order chi connectivity index (χ0) is 20.4. The van der Waals surface area contributed by atoms with Gasteiger partial charge in [-0.3, -0.25) is 0 Å². The maximum absolute atomic E-state index is 12.6. The van der Waals surface area contributed by atoms with Crippen molar-refractivity contribution in [3.05, 3.63) is 62.8 Å². The maximum atomic E-state index is 12.6. The second-order valence-electron chi connectivity index (χ2n) is 6.97. The van der Waals surface area contributed by atoms with Crippen LogP contribution in [0.5, 0.6) is 5.75 Å². The molecule has 0 radical (unpaired) electrons. The Morgan fingerprint density at radius 2 is 2.14 bits per heavy atom. The lowest BCUT2D eigenvalue weighted by Crippen LogP contribution is -2.30. The van der Waals surface area contributed by atoms with Gasteiger partial charge in [0.05, 0.1) is 17.6 Å². The molecule has 0 fully saturated rings. The van der Waals surface area contributed by atoms with Gasteiger partial charge < -0.3 is 24.4 Å². The Morgan fingerprint density at radius 3 is 2.79 bits per heavy atom. The van der Waals surface area contributed by atoms with Gasteiger partial charge in [-0.2, -0.15) is 5.26 Å². The summed E-state index contributed by atoms with van der Waals surface area (Å²) in [5.41, 5.74) is 6.73. The van der Waals surface area contributed by atoms with Gasteiger partial charge in [-0.25, -0.2) is 4.79 Å². The topological polar surface area (TPSA) is 108 Å². The molecule has 0 bridgehead atoms. The van der Waals surface area contributed by atoms with E-state index in [2.05, 4.69) is 6.07 Å². The van der Waals surface area contributed by atoms with Crippen molar-refractivity contribution in [2.24, 2.45) is 5.73 Å². The summed E-state index contributed by atoms with van der Waals surface area (Å²) in [4.78, 5) is 12.6. The molecule has 28 heavy (non-hydrogen) atoms. The molecule has 7 heteroatoms. The zero-order valence-electron chi connectivity index (χ0n) is 16.4. The standard InChI is InChI=1S/C21H24N2O5/c1-5-25-16-9-13(6-7-15(16)26-11(2)3)18-14(10-22)20(23)28-17-8-12(4)27-21(24)19(17)18/h6-8,11,16,18H,5,9,23H2,1-4H3/t16-,18+/m1/s1. The molecular weight excluding hydrogens is 360 g/mol. The smallest absolute Gasteiger partial charge is 0.343 e. The Bertz CT molecular complexity index is 962. The summed E-state index contributed by atoms with van der Waals surface area (Å²) in [5.74, 6) is 0.794. The fraction of sp³-hybridized carbons (Fsp3) is 0.429. The Balaban J connectivity index is 2.11. The zero-order valence-corrected chi connectivity index (χ0v) is 16.4. The molecule has 1 aromatic rings. The maximum Gasteiger partial charge on any atom is 0.343 e. The average molecular weight is 384 g/mol. The largest absolute Gasteiger partial charge is 0.493 e. The summed E-state index contributed by atoms with van der Waals surface area (Å²) in [6.07, 6.45) is 3.85. The molecule has 148 valence electrons. The van der Waals surface area contributed by atoms with Gasteiger partial charge in [0.15, 0.2) is 0 Å². The third kappa shape index (κ3) is 3.69. The molecule has 0 saturated carbocycles. The Morgan fingerprint density at radius 1 is 1.39 bits per heavy atom. The van der Waals surface area contributed by atoms with E-state index < -0.39 is 11.5 Å². The van der Waals surface area contributed by atoms with Crippen molar-refractivity contribution >= 4 is 0 Å². The highest BCUT2D eigenvalue weighted by Crippen LogP contribution is 2.43. The Kier molecular flexibility index (Phi) is 5.61. The molecule has 2 heterocycles. The van der Waals surface area contributed by atoms with Crippen LogP contribution in [0, 0.1) is 18.3 Å². The highest BCUT2D eigenvalue weighted by molar-refractivity contribution is 5.54. The molecule has 3 rings (SSSR count). The van der Waals surface area contributed by atoms with E-state index in [0.717, 1.165) is 11.3 Å². The van der Waals surface area contributed by atoms with E-state index in [1.165, 1.54) is 0 Å². The van der Waals surface area contributed by atoms with Gasteiger partial charge in [0.1, 0.15) is 35.0 Å². The minimum Gasteiger partial charge on any atom is -0.493 e. The predicted octanol–water partition coefficient (Wildman–Crippen LogP) is 3.16. The number of aryl methyl sites for hydroxylation is 1. The van der Waals surface area contributed by atoms with Crippen LogP contribution in [-0.4, -0.2) is 18.8 Å². The highest BCUT2D eigenvalue weighted by atomic mass is 16.5. The number of rotatable bonds is 5.